The van der Waals surface area contributed by atoms with Crippen LogP contribution in [-0.4, -0.2) is 11.2 Å². The smallest absolute Gasteiger partial charge is 0.120 e. The average molecular weight is 298 g/mol. The van der Waals surface area contributed by atoms with Gasteiger partial charge in [0.2, 0.25) is 0 Å². The number of thiophene rings is 1. The molecular formula is C18H18O2S. The van der Waals surface area contributed by atoms with E-state index in [9.17, 15) is 5.11 Å². The minimum Gasteiger partial charge on any atom is -0.491 e. The Kier molecular flexibility index (Phi) is 3.95. The molecule has 0 unspecified atom stereocenters. The average Bonchev–Trinajstić information content (AvgIpc) is 2.90. The van der Waals surface area contributed by atoms with Gasteiger partial charge < -0.3 is 9.84 Å². The van der Waals surface area contributed by atoms with Gasteiger partial charge in [0, 0.05) is 9.58 Å². The summed E-state index contributed by atoms with van der Waals surface area (Å²) < 4.78 is 6.96. The van der Waals surface area contributed by atoms with Crippen LogP contribution in [0.25, 0.3) is 20.5 Å². The summed E-state index contributed by atoms with van der Waals surface area (Å²) in [5.41, 5.74) is 1.98. The second-order valence-electron chi connectivity index (χ2n) is 5.29. The normalized spacial score (nSPS) is 11.2. The maximum Gasteiger partial charge on any atom is 0.120 e. The molecule has 21 heavy (non-hydrogen) atoms. The Hall–Kier alpha value is -1.84. The van der Waals surface area contributed by atoms with Crippen molar-refractivity contribution in [3.63, 3.8) is 0 Å². The van der Waals surface area contributed by atoms with E-state index < -0.39 is 0 Å². The summed E-state index contributed by atoms with van der Waals surface area (Å²) in [7, 11) is 0. The second kappa shape index (κ2) is 5.88. The standard InChI is InChI=1S/C18H18O2S/c1-12(2)20-15-7-8-16(14(9-15)11-19)18-10-13-5-3-4-6-17(13)21-18/h3-10,12,19H,11H2,1-2H3. The van der Waals surface area contributed by atoms with Crippen LogP contribution in [0.15, 0.2) is 48.5 Å². The van der Waals surface area contributed by atoms with Gasteiger partial charge in [-0.2, -0.15) is 0 Å². The van der Waals surface area contributed by atoms with Gasteiger partial charge in [0.05, 0.1) is 12.7 Å². The van der Waals surface area contributed by atoms with Crippen LogP contribution in [0.1, 0.15) is 19.4 Å². The highest BCUT2D eigenvalue weighted by Gasteiger charge is 2.10. The summed E-state index contributed by atoms with van der Waals surface area (Å²) in [4.78, 5) is 1.18. The SMILES string of the molecule is CC(C)Oc1ccc(-c2cc3ccccc3s2)c(CO)c1. The van der Waals surface area contributed by atoms with Crippen molar-refractivity contribution in [2.75, 3.05) is 0 Å². The van der Waals surface area contributed by atoms with E-state index in [1.807, 2.05) is 38.1 Å². The number of benzene rings is 2. The largest absolute Gasteiger partial charge is 0.491 e. The summed E-state index contributed by atoms with van der Waals surface area (Å²) in [6, 6.07) is 16.5. The van der Waals surface area contributed by atoms with Gasteiger partial charge in [-0.15, -0.1) is 11.3 Å². The molecule has 0 aliphatic heterocycles. The van der Waals surface area contributed by atoms with Gasteiger partial charge in [0.1, 0.15) is 5.75 Å². The third kappa shape index (κ3) is 2.94. The maximum atomic E-state index is 9.66. The van der Waals surface area contributed by atoms with Crippen LogP contribution in [0.2, 0.25) is 0 Å². The summed E-state index contributed by atoms with van der Waals surface area (Å²) in [5, 5.41) is 10.9. The molecule has 3 rings (SSSR count). The highest BCUT2D eigenvalue weighted by atomic mass is 32.1. The molecule has 0 aliphatic carbocycles. The molecule has 3 aromatic rings. The molecule has 0 saturated heterocycles. The predicted octanol–water partition coefficient (Wildman–Crippen LogP) is 4.85. The fourth-order valence-corrected chi connectivity index (χ4v) is 3.52. The van der Waals surface area contributed by atoms with Crippen molar-refractivity contribution in [1.29, 1.82) is 0 Å². The van der Waals surface area contributed by atoms with Crippen LogP contribution in [0, 0.1) is 0 Å². The Morgan fingerprint density at radius 2 is 1.90 bits per heavy atom. The van der Waals surface area contributed by atoms with Gasteiger partial charge in [0.25, 0.3) is 0 Å². The van der Waals surface area contributed by atoms with Crippen LogP contribution in [0.3, 0.4) is 0 Å². The third-order valence-corrected chi connectivity index (χ3v) is 4.46. The zero-order valence-corrected chi connectivity index (χ0v) is 13.0. The van der Waals surface area contributed by atoms with E-state index in [4.69, 9.17) is 4.74 Å². The summed E-state index contributed by atoms with van der Waals surface area (Å²) in [6.07, 6.45) is 0.131. The molecule has 2 aromatic carbocycles. The molecule has 108 valence electrons. The van der Waals surface area contributed by atoms with Crippen molar-refractivity contribution in [2.24, 2.45) is 0 Å². The monoisotopic (exact) mass is 298 g/mol. The first kappa shape index (κ1) is 14.1. The highest BCUT2D eigenvalue weighted by molar-refractivity contribution is 7.22. The number of ether oxygens (including phenoxy) is 1. The Bertz CT molecular complexity index is 726. The molecule has 1 heterocycles. The Labute approximate surface area is 128 Å². The van der Waals surface area contributed by atoms with Gasteiger partial charge >= 0.3 is 0 Å². The van der Waals surface area contributed by atoms with Crippen molar-refractivity contribution in [3.05, 3.63) is 54.1 Å². The summed E-state index contributed by atoms with van der Waals surface area (Å²) >= 11 is 1.75. The fraction of sp³-hybridized carbons (Fsp3) is 0.222. The van der Waals surface area contributed by atoms with E-state index in [1.165, 1.54) is 15.0 Å². The molecule has 0 radical (unpaired) electrons. The first-order chi connectivity index (χ1) is 10.2. The maximum absolute atomic E-state index is 9.66. The van der Waals surface area contributed by atoms with Crippen LogP contribution < -0.4 is 4.74 Å². The summed E-state index contributed by atoms with van der Waals surface area (Å²) in [5.74, 6) is 0.805. The van der Waals surface area contributed by atoms with Crippen LogP contribution >= 0.6 is 11.3 Å². The van der Waals surface area contributed by atoms with Gasteiger partial charge in [-0.1, -0.05) is 18.2 Å². The van der Waals surface area contributed by atoms with Gasteiger partial charge in [-0.05, 0) is 60.7 Å². The van der Waals surface area contributed by atoms with Crippen molar-refractivity contribution >= 4 is 21.4 Å². The van der Waals surface area contributed by atoms with Gasteiger partial charge in [-0.3, -0.25) is 0 Å². The lowest BCUT2D eigenvalue weighted by molar-refractivity contribution is 0.240. The van der Waals surface area contributed by atoms with Crippen molar-refractivity contribution in [2.45, 2.75) is 26.6 Å². The predicted molar refractivity (Wildman–Crippen MR) is 88.9 cm³/mol. The third-order valence-electron chi connectivity index (χ3n) is 3.31. The van der Waals surface area contributed by atoms with E-state index in [-0.39, 0.29) is 12.7 Å². The van der Waals surface area contributed by atoms with Crippen molar-refractivity contribution in [3.8, 4) is 16.2 Å². The molecule has 0 spiro atoms. The molecule has 2 nitrogen and oxygen atoms in total. The number of rotatable bonds is 4. The first-order valence-corrected chi connectivity index (χ1v) is 7.88. The van der Waals surface area contributed by atoms with Crippen molar-refractivity contribution in [1.82, 2.24) is 0 Å². The number of hydrogen-bond donors (Lipinski definition) is 1. The minimum atomic E-state index is 0.0128. The minimum absolute atomic E-state index is 0.0128. The van der Waals surface area contributed by atoms with E-state index >= 15 is 0 Å². The number of aliphatic hydroxyl groups excluding tert-OH is 1. The topological polar surface area (TPSA) is 29.5 Å². The van der Waals surface area contributed by atoms with Crippen LogP contribution in [0.5, 0.6) is 5.75 Å². The molecule has 0 atom stereocenters. The highest BCUT2D eigenvalue weighted by Crippen LogP contribution is 2.36. The number of hydrogen-bond acceptors (Lipinski definition) is 3. The van der Waals surface area contributed by atoms with Crippen LogP contribution in [-0.2, 0) is 6.61 Å². The van der Waals surface area contributed by atoms with Crippen molar-refractivity contribution < 1.29 is 9.84 Å². The van der Waals surface area contributed by atoms with Crippen LogP contribution in [0.4, 0.5) is 0 Å². The lowest BCUT2D eigenvalue weighted by atomic mass is 10.1. The van der Waals surface area contributed by atoms with E-state index in [2.05, 4.69) is 24.3 Å². The molecular weight excluding hydrogens is 280 g/mol. The number of aliphatic hydroxyl groups is 1. The first-order valence-electron chi connectivity index (χ1n) is 7.07. The van der Waals surface area contributed by atoms with Gasteiger partial charge in [0.15, 0.2) is 0 Å². The lowest BCUT2D eigenvalue weighted by Crippen LogP contribution is -2.05. The Balaban J connectivity index is 2.04. The van der Waals surface area contributed by atoms with E-state index in [1.54, 1.807) is 11.3 Å². The van der Waals surface area contributed by atoms with E-state index in [0.717, 1.165) is 16.9 Å². The Morgan fingerprint density at radius 1 is 1.10 bits per heavy atom. The number of fused-ring (bicyclic) bond motifs is 1. The molecule has 0 saturated carbocycles. The van der Waals surface area contributed by atoms with E-state index in [0.29, 0.717) is 0 Å². The fourth-order valence-electron chi connectivity index (χ4n) is 2.40. The molecule has 1 aromatic heterocycles. The molecule has 1 N–H and O–H groups in total. The molecule has 3 heteroatoms. The van der Waals surface area contributed by atoms with Gasteiger partial charge in [-0.25, -0.2) is 0 Å². The molecule has 0 amide bonds. The zero-order chi connectivity index (χ0) is 14.8. The summed E-state index contributed by atoms with van der Waals surface area (Å²) in [6.45, 7) is 4.01. The quantitative estimate of drug-likeness (QED) is 0.746. The zero-order valence-electron chi connectivity index (χ0n) is 12.2. The Morgan fingerprint density at radius 3 is 2.62 bits per heavy atom. The lowest BCUT2D eigenvalue weighted by Gasteiger charge is -2.12. The second-order valence-corrected chi connectivity index (χ2v) is 6.38. The molecule has 0 aliphatic rings. The molecule has 0 fully saturated rings. The molecule has 0 bridgehead atoms.